The van der Waals surface area contributed by atoms with Gasteiger partial charge in [0.2, 0.25) is 11.1 Å². The number of carboxylic acid groups (broad SMARTS) is 1. The van der Waals surface area contributed by atoms with Crippen LogP contribution in [0.25, 0.3) is 0 Å². The van der Waals surface area contributed by atoms with E-state index < -0.39 is 28.7 Å². The van der Waals surface area contributed by atoms with E-state index in [1.807, 2.05) is 30.3 Å². The Morgan fingerprint density at radius 3 is 2.87 bits per heavy atom. The summed E-state index contributed by atoms with van der Waals surface area (Å²) in [5, 5.41) is 28.7. The predicted octanol–water partition coefficient (Wildman–Crippen LogP) is 0.534. The molecule has 0 radical (unpaired) electrons. The molecule has 2 aromatic rings. The average molecular weight is 464 g/mol. The number of amides is 3. The molecular formula is C18H21N7O4S2. The van der Waals surface area contributed by atoms with Crippen molar-refractivity contribution in [2.75, 3.05) is 12.3 Å². The molecule has 2 saturated heterocycles. The Kier molecular flexibility index (Phi) is 6.05. The lowest BCUT2D eigenvalue weighted by Crippen LogP contribution is -2.75. The summed E-state index contributed by atoms with van der Waals surface area (Å²) in [6.07, 6.45) is 0. The van der Waals surface area contributed by atoms with E-state index in [0.29, 0.717) is 17.5 Å². The van der Waals surface area contributed by atoms with Crippen molar-refractivity contribution < 1.29 is 19.5 Å². The number of aromatic nitrogens is 4. The number of benzene rings is 1. The van der Waals surface area contributed by atoms with Crippen LogP contribution in [0.1, 0.15) is 12.5 Å². The quantitative estimate of drug-likeness (QED) is 0.340. The van der Waals surface area contributed by atoms with Crippen LogP contribution in [-0.4, -0.2) is 77.5 Å². The summed E-state index contributed by atoms with van der Waals surface area (Å²) < 4.78 is 0. The molecule has 0 aliphatic carbocycles. The third kappa shape index (κ3) is 4.19. The number of urea groups is 1. The molecule has 11 nitrogen and oxygen atoms in total. The number of aliphatic carboxylic acids is 1. The number of tetrazole rings is 1. The highest BCUT2D eigenvalue weighted by Gasteiger charge is 2.59. The minimum Gasteiger partial charge on any atom is -0.481 e. The molecule has 3 heterocycles. The van der Waals surface area contributed by atoms with Crippen molar-refractivity contribution in [3.05, 3.63) is 35.9 Å². The standard InChI is InChI=1S/C18H21N7O4S2/c1-10(31-17-21-23-24-22-17)18(15(27)28)8-25-13(26)12(14(25)30-9-18)20-16(29)19-7-11-5-3-2-4-6-11/h2-6,10,12,14H,7-9H2,1H3,(H,27,28)(H2,19,20,29)(H,21,22,23,24)/t10?,12?,14-,18?/m1/s1. The number of nitrogens with zero attached hydrogens (tertiary/aromatic N) is 4. The lowest BCUT2D eigenvalue weighted by atomic mass is 9.84. The van der Waals surface area contributed by atoms with Crippen LogP contribution in [0.15, 0.2) is 35.5 Å². The smallest absolute Gasteiger partial charge is 0.315 e. The van der Waals surface area contributed by atoms with E-state index in [-0.39, 0.29) is 17.8 Å². The van der Waals surface area contributed by atoms with E-state index in [0.717, 1.165) is 5.56 Å². The number of H-pyrrole nitrogens is 1. The molecule has 4 rings (SSSR count). The first-order valence-electron chi connectivity index (χ1n) is 9.54. The summed E-state index contributed by atoms with van der Waals surface area (Å²) in [4.78, 5) is 38.7. The number of rotatable bonds is 7. The maximum Gasteiger partial charge on any atom is 0.315 e. The topological polar surface area (TPSA) is 153 Å². The summed E-state index contributed by atoms with van der Waals surface area (Å²) in [5.41, 5.74) is -0.214. The third-order valence-corrected chi connectivity index (χ3v) is 8.24. The fourth-order valence-electron chi connectivity index (χ4n) is 3.59. The molecular weight excluding hydrogens is 442 g/mol. The number of hydrogen-bond donors (Lipinski definition) is 4. The molecule has 3 amide bonds. The normalized spacial score (nSPS) is 25.8. The second-order valence-electron chi connectivity index (χ2n) is 7.37. The highest BCUT2D eigenvalue weighted by atomic mass is 32.2. The summed E-state index contributed by atoms with van der Waals surface area (Å²) in [5.74, 6) is -0.965. The van der Waals surface area contributed by atoms with Gasteiger partial charge in [0.25, 0.3) is 0 Å². The molecule has 4 atom stereocenters. The first-order chi connectivity index (χ1) is 14.9. The van der Waals surface area contributed by atoms with Crippen molar-refractivity contribution in [2.24, 2.45) is 5.41 Å². The van der Waals surface area contributed by atoms with Gasteiger partial charge in [-0.2, -0.15) is 5.21 Å². The summed E-state index contributed by atoms with van der Waals surface area (Å²) in [6.45, 7) is 2.20. The van der Waals surface area contributed by atoms with Crippen molar-refractivity contribution >= 4 is 41.4 Å². The number of carbonyl (C=O) groups is 3. The summed E-state index contributed by atoms with van der Waals surface area (Å²) >= 11 is 2.56. The number of hydrogen-bond acceptors (Lipinski definition) is 8. The molecule has 1 aromatic heterocycles. The molecule has 13 heteroatoms. The molecule has 2 aliphatic heterocycles. The molecule has 0 spiro atoms. The van der Waals surface area contributed by atoms with Crippen LogP contribution in [0.4, 0.5) is 4.79 Å². The SMILES string of the molecule is CC(Sc1nn[nH]n1)C1(C(=O)O)CS[C@@H]2C(NC(=O)NCc3ccccc3)C(=O)N2C1. The number of nitrogens with one attached hydrogen (secondary N) is 3. The molecule has 0 bridgehead atoms. The molecule has 31 heavy (non-hydrogen) atoms. The number of carboxylic acids is 1. The molecule has 164 valence electrons. The minimum atomic E-state index is -1.16. The summed E-state index contributed by atoms with van der Waals surface area (Å²) in [7, 11) is 0. The zero-order chi connectivity index (χ0) is 22.0. The molecule has 1 aromatic carbocycles. The van der Waals surface area contributed by atoms with Crippen LogP contribution in [0.5, 0.6) is 0 Å². The van der Waals surface area contributed by atoms with Gasteiger partial charge in [-0.3, -0.25) is 9.59 Å². The second kappa shape index (κ2) is 8.75. The molecule has 2 aliphatic rings. The lowest BCUT2D eigenvalue weighted by molar-refractivity contribution is -0.157. The Labute approximate surface area is 186 Å². The lowest BCUT2D eigenvalue weighted by Gasteiger charge is -2.54. The van der Waals surface area contributed by atoms with Crippen molar-refractivity contribution in [3.63, 3.8) is 0 Å². The summed E-state index contributed by atoms with van der Waals surface area (Å²) in [6, 6.07) is 8.34. The van der Waals surface area contributed by atoms with Crippen LogP contribution in [-0.2, 0) is 16.1 Å². The van der Waals surface area contributed by atoms with Gasteiger partial charge in [0.1, 0.15) is 16.8 Å². The highest BCUT2D eigenvalue weighted by Crippen LogP contribution is 2.47. The predicted molar refractivity (Wildman–Crippen MR) is 113 cm³/mol. The Hall–Kier alpha value is -2.80. The van der Waals surface area contributed by atoms with E-state index in [2.05, 4.69) is 31.3 Å². The third-order valence-electron chi connectivity index (χ3n) is 5.50. The van der Waals surface area contributed by atoms with Gasteiger partial charge in [0, 0.05) is 24.1 Å². The van der Waals surface area contributed by atoms with E-state index >= 15 is 0 Å². The van der Waals surface area contributed by atoms with E-state index in [4.69, 9.17) is 0 Å². The second-order valence-corrected chi connectivity index (χ2v) is 9.79. The van der Waals surface area contributed by atoms with Crippen molar-refractivity contribution in [1.29, 1.82) is 0 Å². The Bertz CT molecular complexity index is 961. The number of β-lactam (4-membered cyclic amide) rings is 1. The maximum atomic E-state index is 12.7. The molecule has 0 saturated carbocycles. The van der Waals surface area contributed by atoms with Crippen LogP contribution < -0.4 is 10.6 Å². The fourth-order valence-corrected chi connectivity index (χ4v) is 6.34. The molecule has 2 fully saturated rings. The van der Waals surface area contributed by atoms with Gasteiger partial charge in [0.05, 0.1) is 0 Å². The van der Waals surface area contributed by atoms with E-state index in [1.165, 1.54) is 28.4 Å². The van der Waals surface area contributed by atoms with Crippen LogP contribution in [0, 0.1) is 5.41 Å². The largest absolute Gasteiger partial charge is 0.481 e. The highest BCUT2D eigenvalue weighted by molar-refractivity contribution is 8.01. The zero-order valence-corrected chi connectivity index (χ0v) is 18.2. The van der Waals surface area contributed by atoms with E-state index in [1.54, 1.807) is 6.92 Å². The number of carbonyl (C=O) groups excluding carboxylic acids is 2. The number of thioether (sulfide) groups is 2. The Morgan fingerprint density at radius 1 is 1.42 bits per heavy atom. The monoisotopic (exact) mass is 463 g/mol. The number of aromatic amines is 1. The van der Waals surface area contributed by atoms with Gasteiger partial charge in [-0.15, -0.1) is 22.0 Å². The fraction of sp³-hybridized carbons (Fsp3) is 0.444. The first-order valence-corrected chi connectivity index (χ1v) is 11.5. The molecule has 4 N–H and O–H groups in total. The van der Waals surface area contributed by atoms with Crippen molar-refractivity contribution in [3.8, 4) is 0 Å². The van der Waals surface area contributed by atoms with Crippen molar-refractivity contribution in [2.45, 2.75) is 35.3 Å². The van der Waals surface area contributed by atoms with Gasteiger partial charge in [-0.25, -0.2) is 4.79 Å². The van der Waals surface area contributed by atoms with E-state index in [9.17, 15) is 19.5 Å². The first kappa shape index (κ1) is 21.4. The van der Waals surface area contributed by atoms with Gasteiger partial charge in [-0.1, -0.05) is 49.0 Å². The minimum absolute atomic E-state index is 0.0642. The van der Waals surface area contributed by atoms with Crippen LogP contribution in [0.3, 0.4) is 0 Å². The Balaban J connectivity index is 1.36. The maximum absolute atomic E-state index is 12.7. The zero-order valence-electron chi connectivity index (χ0n) is 16.5. The van der Waals surface area contributed by atoms with Gasteiger partial charge in [0.15, 0.2) is 0 Å². The van der Waals surface area contributed by atoms with Gasteiger partial charge >= 0.3 is 12.0 Å². The van der Waals surface area contributed by atoms with Crippen LogP contribution in [0.2, 0.25) is 0 Å². The number of fused-ring (bicyclic) bond motifs is 1. The van der Waals surface area contributed by atoms with Crippen molar-refractivity contribution in [1.82, 2.24) is 36.2 Å². The van der Waals surface area contributed by atoms with Gasteiger partial charge in [-0.05, 0) is 10.8 Å². The van der Waals surface area contributed by atoms with Crippen LogP contribution >= 0.6 is 23.5 Å². The average Bonchev–Trinajstić information content (AvgIpc) is 3.29. The van der Waals surface area contributed by atoms with Gasteiger partial charge < -0.3 is 20.6 Å². The Morgan fingerprint density at radius 2 is 2.19 bits per heavy atom. The molecule has 3 unspecified atom stereocenters.